The fourth-order valence-electron chi connectivity index (χ4n) is 2.37. The van der Waals surface area contributed by atoms with Gasteiger partial charge in [-0.25, -0.2) is 8.42 Å². The Labute approximate surface area is 144 Å². The normalized spacial score (nSPS) is 19.7. The second-order valence-corrected chi connectivity index (χ2v) is 9.02. The molecule has 118 valence electrons. The number of benzene rings is 1. The van der Waals surface area contributed by atoms with E-state index in [0.29, 0.717) is 17.6 Å². The van der Waals surface area contributed by atoms with Crippen LogP contribution in [0.2, 0.25) is 10.0 Å². The molecule has 1 fully saturated rings. The topological polar surface area (TPSA) is 49.4 Å². The van der Waals surface area contributed by atoms with Crippen molar-refractivity contribution >= 4 is 49.2 Å². The van der Waals surface area contributed by atoms with Gasteiger partial charge in [0.25, 0.3) is 0 Å². The number of nitrogens with one attached hydrogen (secondary N) is 1. The first-order valence-electron chi connectivity index (χ1n) is 6.53. The Morgan fingerprint density at radius 2 is 1.71 bits per heavy atom. The predicted molar refractivity (Wildman–Crippen MR) is 89.6 cm³/mol. The predicted octanol–water partition coefficient (Wildman–Crippen LogP) is 3.52. The highest BCUT2D eigenvalue weighted by Gasteiger charge is 2.36. The van der Waals surface area contributed by atoms with Crippen LogP contribution in [0.5, 0.6) is 0 Å². The third-order valence-corrected chi connectivity index (χ3v) is 7.27. The molecule has 1 saturated heterocycles. The molecule has 0 aromatic heterocycles. The van der Waals surface area contributed by atoms with Gasteiger partial charge in [0.15, 0.2) is 0 Å². The van der Waals surface area contributed by atoms with Gasteiger partial charge in [0, 0.05) is 23.1 Å². The second-order valence-electron chi connectivity index (χ2n) is 5.41. The summed E-state index contributed by atoms with van der Waals surface area (Å²) in [5.74, 6) is 0. The standard InChI is InChI=1S/C13H17BrCl2N2O2S/c1-13(17-2)3-5-18(6-4-13)21(19,20)12-10(15)7-9(14)8-11(12)16/h7-8,17H,3-6H2,1-2H3. The van der Waals surface area contributed by atoms with Gasteiger partial charge in [-0.3, -0.25) is 0 Å². The van der Waals surface area contributed by atoms with Crippen LogP contribution in [-0.4, -0.2) is 38.4 Å². The van der Waals surface area contributed by atoms with Crippen LogP contribution in [0.4, 0.5) is 0 Å². The first-order chi connectivity index (χ1) is 9.69. The van der Waals surface area contributed by atoms with Crippen molar-refractivity contribution in [2.75, 3.05) is 20.1 Å². The van der Waals surface area contributed by atoms with Gasteiger partial charge in [-0.05, 0) is 38.9 Å². The SMILES string of the molecule is CNC1(C)CCN(S(=O)(=O)c2c(Cl)cc(Br)cc2Cl)CC1. The summed E-state index contributed by atoms with van der Waals surface area (Å²) < 4.78 is 27.6. The maximum Gasteiger partial charge on any atom is 0.246 e. The van der Waals surface area contributed by atoms with Gasteiger partial charge >= 0.3 is 0 Å². The Morgan fingerprint density at radius 3 is 2.14 bits per heavy atom. The minimum absolute atomic E-state index is 0.0119. The number of hydrogen-bond donors (Lipinski definition) is 1. The van der Waals surface area contributed by atoms with Crippen molar-refractivity contribution in [3.8, 4) is 0 Å². The summed E-state index contributed by atoms with van der Waals surface area (Å²) in [4.78, 5) is -0.0119. The smallest absolute Gasteiger partial charge is 0.246 e. The summed E-state index contributed by atoms with van der Waals surface area (Å²) in [5.41, 5.74) is -0.0284. The van der Waals surface area contributed by atoms with Crippen molar-refractivity contribution < 1.29 is 8.42 Å². The summed E-state index contributed by atoms with van der Waals surface area (Å²) in [6.07, 6.45) is 1.49. The van der Waals surface area contributed by atoms with E-state index in [1.54, 1.807) is 12.1 Å². The highest BCUT2D eigenvalue weighted by atomic mass is 79.9. The molecule has 2 rings (SSSR count). The molecule has 0 bridgehead atoms. The average molecular weight is 416 g/mol. The van der Waals surface area contributed by atoms with Crippen molar-refractivity contribution in [2.24, 2.45) is 0 Å². The number of sulfonamides is 1. The molecule has 0 amide bonds. The summed E-state index contributed by atoms with van der Waals surface area (Å²) in [6, 6.07) is 3.09. The molecule has 1 heterocycles. The van der Waals surface area contributed by atoms with E-state index < -0.39 is 10.0 Å². The lowest BCUT2D eigenvalue weighted by Gasteiger charge is -2.38. The van der Waals surface area contributed by atoms with E-state index in [0.717, 1.165) is 12.8 Å². The Kier molecular flexibility index (Phi) is 5.28. The summed E-state index contributed by atoms with van der Waals surface area (Å²) in [6.45, 7) is 2.99. The average Bonchev–Trinajstić information content (AvgIpc) is 2.37. The molecule has 1 N–H and O–H groups in total. The van der Waals surface area contributed by atoms with Gasteiger partial charge in [-0.15, -0.1) is 0 Å². The van der Waals surface area contributed by atoms with Crippen LogP contribution in [0.25, 0.3) is 0 Å². The van der Waals surface area contributed by atoms with Crippen LogP contribution in [0.1, 0.15) is 19.8 Å². The van der Waals surface area contributed by atoms with Crippen LogP contribution in [0.15, 0.2) is 21.5 Å². The summed E-state index contributed by atoms with van der Waals surface area (Å²) >= 11 is 15.4. The number of rotatable bonds is 3. The van der Waals surface area contributed by atoms with Gasteiger partial charge in [-0.2, -0.15) is 4.31 Å². The van der Waals surface area contributed by atoms with Crippen molar-refractivity contribution in [1.82, 2.24) is 9.62 Å². The Balaban J connectivity index is 2.33. The van der Waals surface area contributed by atoms with Crippen LogP contribution >= 0.6 is 39.1 Å². The third kappa shape index (κ3) is 3.57. The second kappa shape index (κ2) is 6.34. The van der Waals surface area contributed by atoms with Crippen molar-refractivity contribution in [1.29, 1.82) is 0 Å². The number of nitrogens with zero attached hydrogens (tertiary/aromatic N) is 1. The van der Waals surface area contributed by atoms with Crippen LogP contribution in [0, 0.1) is 0 Å². The monoisotopic (exact) mass is 414 g/mol. The van der Waals surface area contributed by atoms with Crippen molar-refractivity contribution in [2.45, 2.75) is 30.2 Å². The maximum atomic E-state index is 12.8. The van der Waals surface area contributed by atoms with E-state index >= 15 is 0 Å². The lowest BCUT2D eigenvalue weighted by molar-refractivity contribution is 0.219. The molecule has 0 saturated carbocycles. The minimum Gasteiger partial charge on any atom is -0.314 e. The van der Waals surface area contributed by atoms with E-state index in [9.17, 15) is 8.42 Å². The quantitative estimate of drug-likeness (QED) is 0.821. The van der Waals surface area contributed by atoms with Crippen LogP contribution in [-0.2, 0) is 10.0 Å². The number of halogens is 3. The van der Waals surface area contributed by atoms with Crippen LogP contribution < -0.4 is 5.32 Å². The molecule has 0 atom stereocenters. The molecule has 8 heteroatoms. The van der Waals surface area contributed by atoms with Crippen molar-refractivity contribution in [3.05, 3.63) is 26.7 Å². The van der Waals surface area contributed by atoms with E-state index in [2.05, 4.69) is 28.2 Å². The van der Waals surface area contributed by atoms with E-state index in [1.165, 1.54) is 4.31 Å². The Bertz CT molecular complexity index is 621. The first-order valence-corrected chi connectivity index (χ1v) is 9.52. The summed E-state index contributed by atoms with van der Waals surface area (Å²) in [5, 5.41) is 3.51. The molecule has 1 aliphatic rings. The lowest BCUT2D eigenvalue weighted by Crippen LogP contribution is -2.51. The summed E-state index contributed by atoms with van der Waals surface area (Å²) in [7, 11) is -1.78. The molecular formula is C13H17BrCl2N2O2S. The van der Waals surface area contributed by atoms with E-state index in [4.69, 9.17) is 23.2 Å². The zero-order valence-electron chi connectivity index (χ0n) is 11.8. The third-order valence-electron chi connectivity index (χ3n) is 3.99. The number of piperidine rings is 1. The molecule has 1 aromatic rings. The van der Waals surface area contributed by atoms with E-state index in [-0.39, 0.29) is 20.5 Å². The Morgan fingerprint density at radius 1 is 1.24 bits per heavy atom. The molecule has 0 radical (unpaired) electrons. The molecule has 21 heavy (non-hydrogen) atoms. The largest absolute Gasteiger partial charge is 0.314 e. The minimum atomic E-state index is -3.68. The van der Waals surface area contributed by atoms with Gasteiger partial charge in [-0.1, -0.05) is 39.1 Å². The fraction of sp³-hybridized carbons (Fsp3) is 0.538. The highest BCUT2D eigenvalue weighted by molar-refractivity contribution is 9.10. The zero-order chi connectivity index (χ0) is 15.8. The molecule has 0 unspecified atom stereocenters. The first kappa shape index (κ1) is 17.5. The van der Waals surface area contributed by atoms with Gasteiger partial charge < -0.3 is 5.32 Å². The molecule has 1 aromatic carbocycles. The molecular weight excluding hydrogens is 399 g/mol. The van der Waals surface area contributed by atoms with Crippen molar-refractivity contribution in [3.63, 3.8) is 0 Å². The Hall–Kier alpha value is 0.150. The zero-order valence-corrected chi connectivity index (χ0v) is 15.7. The fourth-order valence-corrected chi connectivity index (χ4v) is 5.70. The van der Waals surface area contributed by atoms with E-state index in [1.807, 2.05) is 7.05 Å². The molecule has 0 aliphatic carbocycles. The number of hydrogen-bond acceptors (Lipinski definition) is 3. The molecule has 0 spiro atoms. The molecule has 1 aliphatic heterocycles. The highest BCUT2D eigenvalue weighted by Crippen LogP contribution is 2.36. The van der Waals surface area contributed by atoms with Crippen LogP contribution in [0.3, 0.4) is 0 Å². The lowest BCUT2D eigenvalue weighted by atomic mass is 9.91. The van der Waals surface area contributed by atoms with Gasteiger partial charge in [0.05, 0.1) is 10.0 Å². The van der Waals surface area contributed by atoms with Gasteiger partial charge in [0.1, 0.15) is 4.90 Å². The van der Waals surface area contributed by atoms with Gasteiger partial charge in [0.2, 0.25) is 10.0 Å². The molecule has 4 nitrogen and oxygen atoms in total. The maximum absolute atomic E-state index is 12.8.